The highest BCUT2D eigenvalue weighted by atomic mass is 32.1. The molecule has 2 heterocycles. The molecule has 1 aromatic carbocycles. The van der Waals surface area contributed by atoms with Crippen LogP contribution in [0.15, 0.2) is 23.6 Å². The Hall–Kier alpha value is -2.12. The van der Waals surface area contributed by atoms with E-state index in [0.717, 1.165) is 35.2 Å². The predicted octanol–water partition coefficient (Wildman–Crippen LogP) is 2.79. The molecule has 1 atom stereocenters. The van der Waals surface area contributed by atoms with E-state index < -0.39 is 0 Å². The molecule has 1 aromatic heterocycles. The van der Waals surface area contributed by atoms with Crippen molar-refractivity contribution in [2.75, 3.05) is 38.3 Å². The number of aromatic nitrogens is 1. The maximum absolute atomic E-state index is 12.7. The number of carbonyl (C=O) groups excluding carboxylic acids is 1. The second-order valence-corrected chi connectivity index (χ2v) is 6.90. The van der Waals surface area contributed by atoms with Crippen LogP contribution in [0.25, 0.3) is 0 Å². The number of morpholine rings is 1. The zero-order valence-corrected chi connectivity index (χ0v) is 15.6. The minimum atomic E-state index is -0.125. The lowest BCUT2D eigenvalue weighted by Crippen LogP contribution is -2.36. The van der Waals surface area contributed by atoms with Crippen molar-refractivity contribution in [2.24, 2.45) is 0 Å². The first-order valence-electron chi connectivity index (χ1n) is 8.32. The van der Waals surface area contributed by atoms with E-state index in [4.69, 9.17) is 9.47 Å². The second-order valence-electron chi connectivity index (χ2n) is 6.01. The van der Waals surface area contributed by atoms with E-state index in [1.807, 2.05) is 31.4 Å². The highest BCUT2D eigenvalue weighted by Gasteiger charge is 2.19. The smallest absolute Gasteiger partial charge is 0.251 e. The standard InChI is InChI=1S/C18H23N3O3S/c1-12-11-25-18(19-12)13(2)20-17(22)14-4-5-16(23-3)15(10-14)21-6-8-24-9-7-21/h4-5,10-11,13H,6-9H2,1-3H3,(H,20,22)/t13-/m0/s1. The van der Waals surface area contributed by atoms with Gasteiger partial charge in [0.2, 0.25) is 0 Å². The fourth-order valence-corrected chi connectivity index (χ4v) is 3.60. The summed E-state index contributed by atoms with van der Waals surface area (Å²) in [6.45, 7) is 6.84. The minimum absolute atomic E-state index is 0.113. The third-order valence-electron chi connectivity index (χ3n) is 4.15. The number of ether oxygens (including phenoxy) is 2. The Morgan fingerprint density at radius 1 is 1.40 bits per heavy atom. The topological polar surface area (TPSA) is 63.7 Å². The molecule has 1 N–H and O–H groups in total. The number of hydrogen-bond donors (Lipinski definition) is 1. The Bertz CT molecular complexity index is 741. The molecular formula is C18H23N3O3S. The Morgan fingerprint density at radius 2 is 2.16 bits per heavy atom. The number of aryl methyl sites for hydroxylation is 1. The summed E-state index contributed by atoms with van der Waals surface area (Å²) in [6, 6.07) is 5.40. The minimum Gasteiger partial charge on any atom is -0.495 e. The number of hydrogen-bond acceptors (Lipinski definition) is 6. The second kappa shape index (κ2) is 7.84. The highest BCUT2D eigenvalue weighted by Crippen LogP contribution is 2.30. The van der Waals surface area contributed by atoms with Gasteiger partial charge in [-0.1, -0.05) is 0 Å². The molecule has 6 nitrogen and oxygen atoms in total. The lowest BCUT2D eigenvalue weighted by atomic mass is 10.1. The van der Waals surface area contributed by atoms with Gasteiger partial charge in [-0.15, -0.1) is 11.3 Å². The van der Waals surface area contributed by atoms with Crippen LogP contribution >= 0.6 is 11.3 Å². The van der Waals surface area contributed by atoms with Crippen LogP contribution in [0, 0.1) is 6.92 Å². The van der Waals surface area contributed by atoms with E-state index >= 15 is 0 Å². The average Bonchev–Trinajstić information content (AvgIpc) is 3.08. The van der Waals surface area contributed by atoms with Crippen molar-refractivity contribution in [1.29, 1.82) is 0 Å². The van der Waals surface area contributed by atoms with Crippen LogP contribution in [0.5, 0.6) is 5.75 Å². The summed E-state index contributed by atoms with van der Waals surface area (Å²) < 4.78 is 10.9. The third kappa shape index (κ3) is 4.11. The van der Waals surface area contributed by atoms with Crippen LogP contribution in [0.1, 0.15) is 34.0 Å². The first-order chi connectivity index (χ1) is 12.1. The first kappa shape index (κ1) is 17.7. The lowest BCUT2D eigenvalue weighted by Gasteiger charge is -2.30. The summed E-state index contributed by atoms with van der Waals surface area (Å²) in [4.78, 5) is 19.3. The van der Waals surface area contributed by atoms with E-state index in [2.05, 4.69) is 15.2 Å². The van der Waals surface area contributed by atoms with E-state index in [9.17, 15) is 4.79 Å². The Kier molecular flexibility index (Phi) is 5.55. The van der Waals surface area contributed by atoms with Crippen molar-refractivity contribution in [3.63, 3.8) is 0 Å². The molecule has 0 saturated carbocycles. The Labute approximate surface area is 151 Å². The molecule has 0 spiro atoms. The summed E-state index contributed by atoms with van der Waals surface area (Å²) in [7, 11) is 1.64. The van der Waals surface area contributed by atoms with Crippen molar-refractivity contribution < 1.29 is 14.3 Å². The van der Waals surface area contributed by atoms with E-state index in [0.29, 0.717) is 18.8 Å². The van der Waals surface area contributed by atoms with Crippen LogP contribution in [0.4, 0.5) is 5.69 Å². The van der Waals surface area contributed by atoms with Crippen LogP contribution in [0.3, 0.4) is 0 Å². The maximum atomic E-state index is 12.7. The number of methoxy groups -OCH3 is 1. The van der Waals surface area contributed by atoms with Gasteiger partial charge >= 0.3 is 0 Å². The van der Waals surface area contributed by atoms with Gasteiger partial charge in [-0.25, -0.2) is 4.98 Å². The van der Waals surface area contributed by atoms with E-state index in [-0.39, 0.29) is 11.9 Å². The summed E-state index contributed by atoms with van der Waals surface area (Å²) in [5.41, 5.74) is 2.51. The molecule has 3 rings (SSSR count). The van der Waals surface area contributed by atoms with Gasteiger partial charge in [0.25, 0.3) is 5.91 Å². The van der Waals surface area contributed by atoms with E-state index in [1.54, 1.807) is 24.5 Å². The van der Waals surface area contributed by atoms with Crippen LogP contribution < -0.4 is 15.0 Å². The number of anilines is 1. The maximum Gasteiger partial charge on any atom is 0.251 e. The lowest BCUT2D eigenvalue weighted by molar-refractivity contribution is 0.0939. The van der Waals surface area contributed by atoms with Gasteiger partial charge < -0.3 is 19.7 Å². The van der Waals surface area contributed by atoms with E-state index in [1.165, 1.54) is 0 Å². The van der Waals surface area contributed by atoms with Crippen molar-refractivity contribution in [1.82, 2.24) is 10.3 Å². The van der Waals surface area contributed by atoms with Crippen molar-refractivity contribution in [2.45, 2.75) is 19.9 Å². The summed E-state index contributed by atoms with van der Waals surface area (Å²) in [6.07, 6.45) is 0. The van der Waals surface area contributed by atoms with Gasteiger partial charge in [0.1, 0.15) is 10.8 Å². The summed E-state index contributed by atoms with van der Waals surface area (Å²) in [5, 5.41) is 5.92. The predicted molar refractivity (Wildman–Crippen MR) is 98.8 cm³/mol. The SMILES string of the molecule is COc1ccc(C(=O)N[C@@H](C)c2nc(C)cs2)cc1N1CCOCC1. The first-order valence-corrected chi connectivity index (χ1v) is 9.20. The fraction of sp³-hybridized carbons (Fsp3) is 0.444. The molecule has 1 fully saturated rings. The van der Waals surface area contributed by atoms with Crippen molar-refractivity contribution >= 4 is 22.9 Å². The number of carbonyl (C=O) groups is 1. The van der Waals surface area contributed by atoms with Crippen molar-refractivity contribution in [3.8, 4) is 5.75 Å². The monoisotopic (exact) mass is 361 g/mol. The van der Waals surface area contributed by atoms with Crippen LogP contribution in [0.2, 0.25) is 0 Å². The molecular weight excluding hydrogens is 338 g/mol. The van der Waals surface area contributed by atoms with Crippen LogP contribution in [-0.2, 0) is 4.74 Å². The number of amides is 1. The Morgan fingerprint density at radius 3 is 2.80 bits per heavy atom. The third-order valence-corrected chi connectivity index (χ3v) is 5.29. The highest BCUT2D eigenvalue weighted by molar-refractivity contribution is 7.09. The zero-order valence-electron chi connectivity index (χ0n) is 14.7. The summed E-state index contributed by atoms with van der Waals surface area (Å²) in [5.74, 6) is 0.652. The normalized spacial score (nSPS) is 15.7. The Balaban J connectivity index is 1.77. The molecule has 7 heteroatoms. The molecule has 0 radical (unpaired) electrons. The average molecular weight is 361 g/mol. The molecule has 25 heavy (non-hydrogen) atoms. The number of thiazole rings is 1. The zero-order chi connectivity index (χ0) is 17.8. The quantitative estimate of drug-likeness (QED) is 0.887. The molecule has 0 aliphatic carbocycles. The number of nitrogens with zero attached hydrogens (tertiary/aromatic N) is 2. The molecule has 1 aliphatic heterocycles. The van der Waals surface area contributed by atoms with Crippen LogP contribution in [-0.4, -0.2) is 44.3 Å². The largest absolute Gasteiger partial charge is 0.495 e. The molecule has 134 valence electrons. The number of nitrogens with one attached hydrogen (secondary N) is 1. The van der Waals surface area contributed by atoms with Gasteiger partial charge in [-0.2, -0.15) is 0 Å². The number of benzene rings is 1. The molecule has 2 aromatic rings. The van der Waals surface area contributed by atoms with Gasteiger partial charge in [0.15, 0.2) is 0 Å². The van der Waals surface area contributed by atoms with Gasteiger partial charge in [-0.05, 0) is 32.0 Å². The summed E-state index contributed by atoms with van der Waals surface area (Å²) >= 11 is 1.56. The molecule has 1 saturated heterocycles. The molecule has 1 aliphatic rings. The fourth-order valence-electron chi connectivity index (χ4n) is 2.80. The van der Waals surface area contributed by atoms with Gasteiger partial charge in [0, 0.05) is 29.7 Å². The molecule has 1 amide bonds. The van der Waals surface area contributed by atoms with Gasteiger partial charge in [-0.3, -0.25) is 4.79 Å². The van der Waals surface area contributed by atoms with Crippen molar-refractivity contribution in [3.05, 3.63) is 39.8 Å². The van der Waals surface area contributed by atoms with Gasteiger partial charge in [0.05, 0.1) is 32.1 Å². The number of rotatable bonds is 5. The molecule has 0 unspecified atom stereocenters. The molecule has 0 bridgehead atoms.